The number of carbonyl (C=O) groups is 1. The topological polar surface area (TPSA) is 61.4 Å². The summed E-state index contributed by atoms with van der Waals surface area (Å²) in [6.45, 7) is 4.17. The van der Waals surface area contributed by atoms with Crippen molar-refractivity contribution in [1.29, 1.82) is 0 Å². The van der Waals surface area contributed by atoms with Crippen molar-refractivity contribution in [3.8, 4) is 0 Å². The van der Waals surface area contributed by atoms with Crippen LogP contribution in [0.5, 0.6) is 0 Å². The van der Waals surface area contributed by atoms with Crippen LogP contribution in [0.25, 0.3) is 10.9 Å². The lowest BCUT2D eigenvalue weighted by Crippen LogP contribution is -2.33. The molecule has 3 rings (SSSR count). The van der Waals surface area contributed by atoms with Crippen molar-refractivity contribution in [3.63, 3.8) is 0 Å². The largest absolute Gasteiger partial charge is 0.362 e. The quantitative estimate of drug-likeness (QED) is 0.448. The minimum absolute atomic E-state index is 0.0359. The first kappa shape index (κ1) is 19.9. The first-order chi connectivity index (χ1) is 13.1. The van der Waals surface area contributed by atoms with Gasteiger partial charge in [-0.1, -0.05) is 18.2 Å². The van der Waals surface area contributed by atoms with Gasteiger partial charge < -0.3 is 15.1 Å². The van der Waals surface area contributed by atoms with Gasteiger partial charge in [-0.15, -0.1) is 0 Å². The van der Waals surface area contributed by atoms with Crippen molar-refractivity contribution >= 4 is 34.4 Å². The minimum Gasteiger partial charge on any atom is -0.362 e. The number of nitrogens with zero attached hydrogens (tertiary/aromatic N) is 4. The molecule has 146 valence electrons. The third-order valence-electron chi connectivity index (χ3n) is 4.91. The van der Waals surface area contributed by atoms with E-state index in [-0.39, 0.29) is 5.91 Å². The van der Waals surface area contributed by atoms with E-state index in [0.717, 1.165) is 29.7 Å². The van der Waals surface area contributed by atoms with Crippen molar-refractivity contribution in [2.24, 2.45) is 0 Å². The third-order valence-corrected chi connectivity index (χ3v) is 5.46. The summed E-state index contributed by atoms with van der Waals surface area (Å²) in [5.74, 6) is 0.837. The molecule has 0 atom stereocenters. The van der Waals surface area contributed by atoms with Crippen molar-refractivity contribution in [2.75, 3.05) is 51.4 Å². The Kier molecular flexibility index (Phi) is 6.90. The molecule has 0 aliphatic carbocycles. The van der Waals surface area contributed by atoms with Crippen LogP contribution in [0.15, 0.2) is 23.4 Å². The number of anilines is 1. The van der Waals surface area contributed by atoms with Gasteiger partial charge in [0.15, 0.2) is 5.16 Å². The number of hydrogen-bond donors (Lipinski definition) is 1. The number of thioether (sulfide) groups is 1. The van der Waals surface area contributed by atoms with E-state index in [2.05, 4.69) is 20.2 Å². The van der Waals surface area contributed by atoms with Gasteiger partial charge >= 0.3 is 0 Å². The maximum Gasteiger partial charge on any atom is 0.251 e. The molecule has 1 aromatic carbocycles. The molecule has 1 saturated heterocycles. The normalized spacial score (nSPS) is 15.1. The smallest absolute Gasteiger partial charge is 0.251 e. The maximum atomic E-state index is 12.5. The van der Waals surface area contributed by atoms with Crippen LogP contribution in [-0.4, -0.2) is 67.3 Å². The van der Waals surface area contributed by atoms with Gasteiger partial charge in [-0.3, -0.25) is 4.79 Å². The van der Waals surface area contributed by atoms with Crippen molar-refractivity contribution in [2.45, 2.75) is 30.8 Å². The first-order valence-electron chi connectivity index (χ1n) is 9.62. The third kappa shape index (κ3) is 5.11. The van der Waals surface area contributed by atoms with Gasteiger partial charge in [-0.2, -0.15) is 0 Å². The summed E-state index contributed by atoms with van der Waals surface area (Å²) in [5, 5.41) is 4.72. The Morgan fingerprint density at radius 1 is 1.22 bits per heavy atom. The molecule has 0 saturated carbocycles. The summed E-state index contributed by atoms with van der Waals surface area (Å²) < 4.78 is 0. The molecule has 0 spiro atoms. The van der Waals surface area contributed by atoms with Crippen LogP contribution < -0.4 is 10.2 Å². The van der Waals surface area contributed by atoms with Crippen LogP contribution in [-0.2, 0) is 0 Å². The van der Waals surface area contributed by atoms with E-state index in [1.54, 1.807) is 0 Å². The predicted octanol–water partition coefficient (Wildman–Crippen LogP) is 3.02. The second-order valence-corrected chi connectivity index (χ2v) is 7.95. The van der Waals surface area contributed by atoms with Crippen molar-refractivity contribution < 1.29 is 4.79 Å². The number of likely N-dealkylation sites (tertiary alicyclic amines) is 1. The van der Waals surface area contributed by atoms with E-state index in [9.17, 15) is 4.79 Å². The van der Waals surface area contributed by atoms with Crippen molar-refractivity contribution in [1.82, 2.24) is 20.2 Å². The average molecular weight is 388 g/mol. The molecule has 1 N–H and O–H groups in total. The van der Waals surface area contributed by atoms with Crippen LogP contribution in [0.3, 0.4) is 0 Å². The number of hydrogen-bond acceptors (Lipinski definition) is 6. The van der Waals surface area contributed by atoms with Gasteiger partial charge in [0, 0.05) is 31.6 Å². The fourth-order valence-electron chi connectivity index (χ4n) is 3.46. The van der Waals surface area contributed by atoms with Crippen LogP contribution in [0, 0.1) is 0 Å². The van der Waals surface area contributed by atoms with Gasteiger partial charge in [0.05, 0.1) is 5.52 Å². The van der Waals surface area contributed by atoms with Crippen molar-refractivity contribution in [3.05, 3.63) is 23.8 Å². The fraction of sp³-hybridized carbons (Fsp3) is 0.550. The maximum absolute atomic E-state index is 12.5. The Morgan fingerprint density at radius 3 is 2.70 bits per heavy atom. The first-order valence-corrected chi connectivity index (χ1v) is 10.8. The molecule has 7 heteroatoms. The SMILES string of the molecule is CSc1nc(N(C)C)c2ccc(C(=O)NCCCN3CCCCC3)cc2n1. The summed E-state index contributed by atoms with van der Waals surface area (Å²) in [4.78, 5) is 26.1. The minimum atomic E-state index is -0.0359. The lowest BCUT2D eigenvalue weighted by molar-refractivity contribution is 0.0951. The van der Waals surface area contributed by atoms with Crippen LogP contribution >= 0.6 is 11.8 Å². The number of benzene rings is 1. The molecule has 2 heterocycles. The molecule has 27 heavy (non-hydrogen) atoms. The number of rotatable bonds is 7. The van der Waals surface area contributed by atoms with E-state index in [0.29, 0.717) is 17.3 Å². The summed E-state index contributed by atoms with van der Waals surface area (Å²) in [7, 11) is 3.93. The fourth-order valence-corrected chi connectivity index (χ4v) is 3.82. The van der Waals surface area contributed by atoms with E-state index in [4.69, 9.17) is 0 Å². The summed E-state index contributed by atoms with van der Waals surface area (Å²) in [6.07, 6.45) is 6.91. The molecule has 1 aromatic heterocycles. The number of piperidine rings is 1. The molecule has 1 amide bonds. The zero-order valence-electron chi connectivity index (χ0n) is 16.5. The molecule has 1 aliphatic rings. The average Bonchev–Trinajstić information content (AvgIpc) is 2.70. The Bertz CT molecular complexity index is 789. The highest BCUT2D eigenvalue weighted by Crippen LogP contribution is 2.26. The molecule has 1 aliphatic heterocycles. The summed E-state index contributed by atoms with van der Waals surface area (Å²) in [5.41, 5.74) is 1.45. The second-order valence-electron chi connectivity index (χ2n) is 7.17. The zero-order valence-corrected chi connectivity index (χ0v) is 17.3. The molecule has 6 nitrogen and oxygen atoms in total. The Labute approximate surface area is 165 Å². The molecule has 2 aromatic rings. The van der Waals surface area contributed by atoms with Gasteiger partial charge in [-0.05, 0) is 63.4 Å². The number of amides is 1. The monoisotopic (exact) mass is 387 g/mol. The van der Waals surface area contributed by atoms with E-state index in [1.807, 2.05) is 43.5 Å². The highest BCUT2D eigenvalue weighted by molar-refractivity contribution is 7.98. The summed E-state index contributed by atoms with van der Waals surface area (Å²) >= 11 is 1.51. The molecule has 0 radical (unpaired) electrons. The Morgan fingerprint density at radius 2 is 2.00 bits per heavy atom. The van der Waals surface area contributed by atoms with E-state index in [1.165, 1.54) is 44.1 Å². The molecule has 1 fully saturated rings. The molecule has 0 unspecified atom stereocenters. The van der Waals surface area contributed by atoms with E-state index < -0.39 is 0 Å². The lowest BCUT2D eigenvalue weighted by atomic mass is 10.1. The Balaban J connectivity index is 1.64. The van der Waals surface area contributed by atoms with E-state index >= 15 is 0 Å². The molecular formula is C20H29N5OS. The number of fused-ring (bicyclic) bond motifs is 1. The number of aromatic nitrogens is 2. The highest BCUT2D eigenvalue weighted by atomic mass is 32.2. The number of carbonyl (C=O) groups excluding carboxylic acids is 1. The van der Waals surface area contributed by atoms with Gasteiger partial charge in [-0.25, -0.2) is 9.97 Å². The summed E-state index contributed by atoms with van der Waals surface area (Å²) in [6, 6.07) is 5.67. The number of nitrogens with one attached hydrogen (secondary N) is 1. The standard InChI is InChI=1S/C20H29N5OS/c1-24(2)18-16-9-8-15(14-17(16)22-20(23-18)27-3)19(26)21-10-7-13-25-11-5-4-6-12-25/h8-9,14H,4-7,10-13H2,1-3H3,(H,21,26). The van der Waals surface area contributed by atoms with Gasteiger partial charge in [0.2, 0.25) is 0 Å². The van der Waals surface area contributed by atoms with Crippen LogP contribution in [0.2, 0.25) is 0 Å². The zero-order chi connectivity index (χ0) is 19.2. The molecule has 0 bridgehead atoms. The Hall–Kier alpha value is -1.86. The molecular weight excluding hydrogens is 358 g/mol. The second kappa shape index (κ2) is 9.37. The lowest BCUT2D eigenvalue weighted by Gasteiger charge is -2.26. The van der Waals surface area contributed by atoms with Crippen LogP contribution in [0.4, 0.5) is 5.82 Å². The van der Waals surface area contributed by atoms with Crippen LogP contribution in [0.1, 0.15) is 36.0 Å². The highest BCUT2D eigenvalue weighted by Gasteiger charge is 2.13. The van der Waals surface area contributed by atoms with Gasteiger partial charge in [0.25, 0.3) is 5.91 Å². The predicted molar refractivity (Wildman–Crippen MR) is 113 cm³/mol. The van der Waals surface area contributed by atoms with Gasteiger partial charge in [0.1, 0.15) is 5.82 Å².